The third kappa shape index (κ3) is 2.94. The molecule has 0 aliphatic carbocycles. The Kier molecular flexibility index (Phi) is 3.73. The molecular weight excluding hydrogens is 180 g/mol. The molecule has 0 unspecified atom stereocenters. The van der Waals surface area contributed by atoms with Crippen molar-refractivity contribution in [2.45, 2.75) is 6.42 Å². The molecular formula is C11H12O3. The van der Waals surface area contributed by atoms with E-state index in [1.54, 1.807) is 31.4 Å². The van der Waals surface area contributed by atoms with Crippen LogP contribution in [0.2, 0.25) is 0 Å². The average molecular weight is 192 g/mol. The number of esters is 1. The van der Waals surface area contributed by atoms with Crippen molar-refractivity contribution < 1.29 is 14.3 Å². The summed E-state index contributed by atoms with van der Waals surface area (Å²) in [6.45, 7) is 3.45. The summed E-state index contributed by atoms with van der Waals surface area (Å²) in [5.74, 6) is 0.818. The van der Waals surface area contributed by atoms with Crippen molar-refractivity contribution >= 4 is 5.97 Å². The van der Waals surface area contributed by atoms with Gasteiger partial charge in [0.1, 0.15) is 11.5 Å². The molecule has 0 saturated heterocycles. The van der Waals surface area contributed by atoms with E-state index in [0.717, 1.165) is 0 Å². The SMILES string of the molecule is C=CCC(=O)Oc1cccc(OC)c1. The van der Waals surface area contributed by atoms with Crippen molar-refractivity contribution in [3.8, 4) is 11.5 Å². The van der Waals surface area contributed by atoms with Crippen molar-refractivity contribution in [1.82, 2.24) is 0 Å². The Morgan fingerprint density at radius 1 is 1.50 bits per heavy atom. The topological polar surface area (TPSA) is 35.5 Å². The van der Waals surface area contributed by atoms with Crippen LogP contribution in [-0.4, -0.2) is 13.1 Å². The lowest BCUT2D eigenvalue weighted by molar-refractivity contribution is -0.133. The number of methoxy groups -OCH3 is 1. The predicted octanol–water partition coefficient (Wildman–Crippen LogP) is 2.18. The summed E-state index contributed by atoms with van der Waals surface area (Å²) in [6.07, 6.45) is 1.71. The van der Waals surface area contributed by atoms with Gasteiger partial charge in [-0.05, 0) is 12.1 Å². The number of rotatable bonds is 4. The molecule has 3 nitrogen and oxygen atoms in total. The minimum absolute atomic E-state index is 0.206. The molecule has 0 spiro atoms. The van der Waals surface area contributed by atoms with Crippen LogP contribution in [0.1, 0.15) is 6.42 Å². The fourth-order valence-corrected chi connectivity index (χ4v) is 0.956. The largest absolute Gasteiger partial charge is 0.497 e. The molecule has 0 atom stereocenters. The monoisotopic (exact) mass is 192 g/mol. The van der Waals surface area contributed by atoms with E-state index in [4.69, 9.17) is 9.47 Å². The number of ether oxygens (including phenoxy) is 2. The van der Waals surface area contributed by atoms with Crippen molar-refractivity contribution in [3.63, 3.8) is 0 Å². The van der Waals surface area contributed by atoms with Crippen LogP contribution in [0, 0.1) is 0 Å². The van der Waals surface area contributed by atoms with Crippen molar-refractivity contribution in [2.75, 3.05) is 7.11 Å². The van der Waals surface area contributed by atoms with Gasteiger partial charge in [0.2, 0.25) is 0 Å². The van der Waals surface area contributed by atoms with Gasteiger partial charge in [-0.1, -0.05) is 12.1 Å². The van der Waals surface area contributed by atoms with Crippen LogP contribution in [0.15, 0.2) is 36.9 Å². The summed E-state index contributed by atoms with van der Waals surface area (Å²) >= 11 is 0. The van der Waals surface area contributed by atoms with Crippen LogP contribution in [0.25, 0.3) is 0 Å². The normalized spacial score (nSPS) is 9.21. The van der Waals surface area contributed by atoms with Crippen LogP contribution in [0.3, 0.4) is 0 Å². The van der Waals surface area contributed by atoms with Gasteiger partial charge in [-0.15, -0.1) is 6.58 Å². The lowest BCUT2D eigenvalue weighted by Gasteiger charge is -2.04. The quantitative estimate of drug-likeness (QED) is 0.416. The van der Waals surface area contributed by atoms with Gasteiger partial charge in [-0.3, -0.25) is 4.79 Å². The van der Waals surface area contributed by atoms with E-state index < -0.39 is 0 Å². The zero-order valence-electron chi connectivity index (χ0n) is 8.03. The number of hydrogen-bond acceptors (Lipinski definition) is 3. The van der Waals surface area contributed by atoms with Crippen LogP contribution >= 0.6 is 0 Å². The van der Waals surface area contributed by atoms with Crippen LogP contribution < -0.4 is 9.47 Å². The molecule has 0 bridgehead atoms. The van der Waals surface area contributed by atoms with Crippen LogP contribution in [0.4, 0.5) is 0 Å². The fourth-order valence-electron chi connectivity index (χ4n) is 0.956. The summed E-state index contributed by atoms with van der Waals surface area (Å²) in [7, 11) is 1.56. The number of carbonyl (C=O) groups is 1. The predicted molar refractivity (Wildman–Crippen MR) is 53.4 cm³/mol. The molecule has 0 N–H and O–H groups in total. The van der Waals surface area contributed by atoms with Crippen molar-refractivity contribution in [2.24, 2.45) is 0 Å². The van der Waals surface area contributed by atoms with Gasteiger partial charge in [0, 0.05) is 6.07 Å². The van der Waals surface area contributed by atoms with Gasteiger partial charge in [0.15, 0.2) is 0 Å². The zero-order valence-corrected chi connectivity index (χ0v) is 8.03. The fraction of sp³-hybridized carbons (Fsp3) is 0.182. The molecule has 3 heteroatoms. The van der Waals surface area contributed by atoms with E-state index in [-0.39, 0.29) is 12.4 Å². The van der Waals surface area contributed by atoms with Gasteiger partial charge < -0.3 is 9.47 Å². The second-order valence-electron chi connectivity index (χ2n) is 2.65. The minimum atomic E-state index is -0.326. The first-order valence-corrected chi connectivity index (χ1v) is 4.22. The maximum absolute atomic E-state index is 11.1. The standard InChI is InChI=1S/C11H12O3/c1-3-5-11(12)14-10-7-4-6-9(8-10)13-2/h3-4,6-8H,1,5H2,2H3. The third-order valence-electron chi connectivity index (χ3n) is 1.58. The minimum Gasteiger partial charge on any atom is -0.497 e. The smallest absolute Gasteiger partial charge is 0.315 e. The molecule has 0 saturated carbocycles. The van der Waals surface area contributed by atoms with Gasteiger partial charge in [-0.25, -0.2) is 0 Å². The highest BCUT2D eigenvalue weighted by Crippen LogP contribution is 2.19. The van der Waals surface area contributed by atoms with Crippen LogP contribution in [-0.2, 0) is 4.79 Å². The van der Waals surface area contributed by atoms with E-state index >= 15 is 0 Å². The maximum Gasteiger partial charge on any atom is 0.315 e. The Balaban J connectivity index is 2.66. The Morgan fingerprint density at radius 3 is 2.86 bits per heavy atom. The highest BCUT2D eigenvalue weighted by atomic mass is 16.5. The van der Waals surface area contributed by atoms with E-state index in [1.807, 2.05) is 0 Å². The first-order chi connectivity index (χ1) is 6.76. The summed E-state index contributed by atoms with van der Waals surface area (Å²) in [6, 6.07) is 6.89. The molecule has 0 fully saturated rings. The first-order valence-electron chi connectivity index (χ1n) is 4.22. The second-order valence-corrected chi connectivity index (χ2v) is 2.65. The van der Waals surface area contributed by atoms with E-state index in [2.05, 4.69) is 6.58 Å². The Bertz CT molecular complexity index is 331. The molecule has 0 aromatic heterocycles. The molecule has 14 heavy (non-hydrogen) atoms. The molecule has 0 radical (unpaired) electrons. The third-order valence-corrected chi connectivity index (χ3v) is 1.58. The lowest BCUT2D eigenvalue weighted by Crippen LogP contribution is -2.05. The molecule has 1 aromatic carbocycles. The summed E-state index contributed by atoms with van der Waals surface area (Å²) < 4.78 is 9.99. The molecule has 1 rings (SSSR count). The van der Waals surface area contributed by atoms with E-state index in [1.165, 1.54) is 6.08 Å². The Labute approximate surface area is 83.0 Å². The van der Waals surface area contributed by atoms with E-state index in [0.29, 0.717) is 11.5 Å². The highest BCUT2D eigenvalue weighted by Gasteiger charge is 2.02. The van der Waals surface area contributed by atoms with Gasteiger partial charge in [0.05, 0.1) is 13.5 Å². The van der Waals surface area contributed by atoms with Crippen LogP contribution in [0.5, 0.6) is 11.5 Å². The Hall–Kier alpha value is -1.77. The number of carbonyl (C=O) groups excluding carboxylic acids is 1. The maximum atomic E-state index is 11.1. The molecule has 0 amide bonds. The molecule has 0 aliphatic rings. The molecule has 1 aromatic rings. The number of hydrogen-bond donors (Lipinski definition) is 0. The summed E-state index contributed by atoms with van der Waals surface area (Å²) in [4.78, 5) is 11.1. The first kappa shape index (κ1) is 10.3. The van der Waals surface area contributed by atoms with Gasteiger partial charge in [-0.2, -0.15) is 0 Å². The highest BCUT2D eigenvalue weighted by molar-refractivity contribution is 5.73. The van der Waals surface area contributed by atoms with Gasteiger partial charge >= 0.3 is 5.97 Å². The van der Waals surface area contributed by atoms with E-state index in [9.17, 15) is 4.79 Å². The van der Waals surface area contributed by atoms with Crippen molar-refractivity contribution in [1.29, 1.82) is 0 Å². The number of benzene rings is 1. The molecule has 0 aliphatic heterocycles. The van der Waals surface area contributed by atoms with Crippen molar-refractivity contribution in [3.05, 3.63) is 36.9 Å². The summed E-state index contributed by atoms with van der Waals surface area (Å²) in [5.41, 5.74) is 0. The summed E-state index contributed by atoms with van der Waals surface area (Å²) in [5, 5.41) is 0. The average Bonchev–Trinajstić information content (AvgIpc) is 2.18. The second kappa shape index (κ2) is 5.07. The lowest BCUT2D eigenvalue weighted by atomic mass is 10.3. The zero-order chi connectivity index (χ0) is 10.4. The molecule has 74 valence electrons. The Morgan fingerprint density at radius 2 is 2.21 bits per heavy atom. The van der Waals surface area contributed by atoms with Gasteiger partial charge in [0.25, 0.3) is 0 Å². The molecule has 0 heterocycles.